The van der Waals surface area contributed by atoms with E-state index in [-0.39, 0.29) is 5.82 Å². The molecule has 0 fully saturated rings. The standard InChI is InChI=1S/C19H15FN2.2C2H6/c1-3-15-17(4-2)22-18-8-6-5-7-16(18)19(15)21-14-11-9-13(20)10-12-14;2*1-2/h3-12H,1-2H2,(H,21,22);2*1-2H3. The second-order valence-electron chi connectivity index (χ2n) is 4.84. The van der Waals surface area contributed by atoms with Crippen LogP contribution in [0.3, 0.4) is 0 Å². The smallest absolute Gasteiger partial charge is 0.123 e. The van der Waals surface area contributed by atoms with E-state index >= 15 is 0 Å². The lowest BCUT2D eigenvalue weighted by molar-refractivity contribution is 0.628. The number of para-hydroxylation sites is 1. The summed E-state index contributed by atoms with van der Waals surface area (Å²) in [5.74, 6) is -0.263. The van der Waals surface area contributed by atoms with Crippen LogP contribution >= 0.6 is 0 Å². The number of aromatic nitrogens is 1. The Morgan fingerprint density at radius 1 is 0.885 bits per heavy atom. The molecule has 1 N–H and O–H groups in total. The number of anilines is 2. The molecule has 0 atom stereocenters. The fraction of sp³-hybridized carbons (Fsp3) is 0.174. The quantitative estimate of drug-likeness (QED) is 0.528. The topological polar surface area (TPSA) is 24.9 Å². The number of benzene rings is 2. The minimum atomic E-state index is -0.263. The zero-order valence-corrected chi connectivity index (χ0v) is 16.0. The molecule has 0 unspecified atom stereocenters. The Hall–Kier alpha value is -2.94. The van der Waals surface area contributed by atoms with Crippen molar-refractivity contribution in [2.75, 3.05) is 5.32 Å². The molecule has 0 aliphatic carbocycles. The molecule has 136 valence electrons. The second kappa shape index (κ2) is 10.8. The van der Waals surface area contributed by atoms with E-state index in [1.807, 2.05) is 52.0 Å². The molecule has 0 spiro atoms. The van der Waals surface area contributed by atoms with Crippen molar-refractivity contribution in [3.8, 4) is 0 Å². The summed E-state index contributed by atoms with van der Waals surface area (Å²) in [4.78, 5) is 4.59. The first-order valence-electron chi connectivity index (χ1n) is 8.93. The lowest BCUT2D eigenvalue weighted by atomic mass is 10.0. The van der Waals surface area contributed by atoms with Gasteiger partial charge in [0.25, 0.3) is 0 Å². The van der Waals surface area contributed by atoms with E-state index in [1.54, 1.807) is 24.3 Å². The van der Waals surface area contributed by atoms with Crippen LogP contribution in [0.25, 0.3) is 23.1 Å². The highest BCUT2D eigenvalue weighted by Gasteiger charge is 2.11. The highest BCUT2D eigenvalue weighted by molar-refractivity contribution is 5.99. The van der Waals surface area contributed by atoms with Crippen molar-refractivity contribution in [3.05, 3.63) is 78.8 Å². The van der Waals surface area contributed by atoms with Crippen molar-refractivity contribution in [2.45, 2.75) is 27.7 Å². The first-order valence-corrected chi connectivity index (χ1v) is 8.93. The zero-order chi connectivity index (χ0) is 19.5. The highest BCUT2D eigenvalue weighted by Crippen LogP contribution is 2.32. The molecule has 3 heteroatoms. The fourth-order valence-corrected chi connectivity index (χ4v) is 2.42. The number of fused-ring (bicyclic) bond motifs is 1. The molecule has 2 aromatic carbocycles. The monoisotopic (exact) mass is 350 g/mol. The molecule has 0 bridgehead atoms. The van der Waals surface area contributed by atoms with Gasteiger partial charge in [0, 0.05) is 16.6 Å². The van der Waals surface area contributed by atoms with Gasteiger partial charge in [0.15, 0.2) is 0 Å². The third kappa shape index (κ3) is 4.79. The lowest BCUT2D eigenvalue weighted by Crippen LogP contribution is -1.99. The number of pyridine rings is 1. The molecule has 0 aliphatic heterocycles. The van der Waals surface area contributed by atoms with Crippen LogP contribution in [0.1, 0.15) is 39.0 Å². The molecular weight excluding hydrogens is 323 g/mol. The highest BCUT2D eigenvalue weighted by atomic mass is 19.1. The van der Waals surface area contributed by atoms with Crippen LogP contribution < -0.4 is 5.32 Å². The molecule has 0 saturated heterocycles. The van der Waals surface area contributed by atoms with E-state index in [2.05, 4.69) is 23.5 Å². The summed E-state index contributed by atoms with van der Waals surface area (Å²) in [6.45, 7) is 15.7. The maximum absolute atomic E-state index is 13.1. The molecule has 0 amide bonds. The minimum Gasteiger partial charge on any atom is -0.354 e. The maximum Gasteiger partial charge on any atom is 0.123 e. The van der Waals surface area contributed by atoms with E-state index in [0.717, 1.165) is 33.5 Å². The zero-order valence-electron chi connectivity index (χ0n) is 16.0. The van der Waals surface area contributed by atoms with Gasteiger partial charge in [0.05, 0.1) is 16.9 Å². The molecule has 3 aromatic rings. The first-order chi connectivity index (χ1) is 12.7. The number of hydrogen-bond donors (Lipinski definition) is 1. The molecule has 3 rings (SSSR count). The van der Waals surface area contributed by atoms with Crippen molar-refractivity contribution < 1.29 is 4.39 Å². The number of hydrogen-bond acceptors (Lipinski definition) is 2. The molecule has 0 aliphatic rings. The Balaban J connectivity index is 0.000000791. The maximum atomic E-state index is 13.1. The SMILES string of the molecule is C=Cc1nc2ccccc2c(Nc2ccc(F)cc2)c1C=C.CC.CC. The Morgan fingerprint density at radius 2 is 1.50 bits per heavy atom. The Bertz CT molecular complexity index is 852. The number of halogens is 1. The summed E-state index contributed by atoms with van der Waals surface area (Å²) in [5, 5.41) is 4.32. The van der Waals surface area contributed by atoms with Crippen LogP contribution in [0.15, 0.2) is 61.7 Å². The van der Waals surface area contributed by atoms with Gasteiger partial charge in [-0.3, -0.25) is 0 Å². The van der Waals surface area contributed by atoms with E-state index in [9.17, 15) is 4.39 Å². The predicted molar refractivity (Wildman–Crippen MR) is 114 cm³/mol. The van der Waals surface area contributed by atoms with Crippen molar-refractivity contribution in [2.24, 2.45) is 0 Å². The molecular formula is C23H27FN2. The van der Waals surface area contributed by atoms with Crippen LogP contribution in [0, 0.1) is 5.82 Å². The van der Waals surface area contributed by atoms with Gasteiger partial charge in [0.1, 0.15) is 5.82 Å². The van der Waals surface area contributed by atoms with Gasteiger partial charge in [-0.2, -0.15) is 0 Å². The third-order valence-corrected chi connectivity index (χ3v) is 3.47. The molecule has 26 heavy (non-hydrogen) atoms. The summed E-state index contributed by atoms with van der Waals surface area (Å²) < 4.78 is 13.1. The Labute approximate surface area is 156 Å². The van der Waals surface area contributed by atoms with Crippen molar-refractivity contribution in [3.63, 3.8) is 0 Å². The van der Waals surface area contributed by atoms with Crippen LogP contribution in [-0.4, -0.2) is 4.98 Å². The average molecular weight is 350 g/mol. The second-order valence-corrected chi connectivity index (χ2v) is 4.84. The molecule has 0 radical (unpaired) electrons. The van der Waals surface area contributed by atoms with Gasteiger partial charge in [-0.05, 0) is 36.4 Å². The van der Waals surface area contributed by atoms with Gasteiger partial charge in [-0.15, -0.1) is 0 Å². The van der Waals surface area contributed by atoms with Crippen LogP contribution in [0.4, 0.5) is 15.8 Å². The summed E-state index contributed by atoms with van der Waals surface area (Å²) >= 11 is 0. The first kappa shape index (κ1) is 21.1. The van der Waals surface area contributed by atoms with Crippen molar-refractivity contribution >= 4 is 34.4 Å². The van der Waals surface area contributed by atoms with Crippen LogP contribution in [0.2, 0.25) is 0 Å². The van der Waals surface area contributed by atoms with Gasteiger partial charge < -0.3 is 5.32 Å². The number of nitrogens with zero attached hydrogens (tertiary/aromatic N) is 1. The Kier molecular flexibility index (Phi) is 8.79. The third-order valence-electron chi connectivity index (χ3n) is 3.47. The minimum absolute atomic E-state index is 0.263. The van der Waals surface area contributed by atoms with E-state index in [0.29, 0.717) is 0 Å². The van der Waals surface area contributed by atoms with Crippen molar-refractivity contribution in [1.82, 2.24) is 4.98 Å². The molecule has 1 aromatic heterocycles. The molecule has 1 heterocycles. The summed E-state index contributed by atoms with van der Waals surface area (Å²) in [6, 6.07) is 14.1. The average Bonchev–Trinajstić information content (AvgIpc) is 2.72. The van der Waals surface area contributed by atoms with Crippen LogP contribution in [-0.2, 0) is 0 Å². The molecule has 2 nitrogen and oxygen atoms in total. The fourth-order valence-electron chi connectivity index (χ4n) is 2.42. The lowest BCUT2D eigenvalue weighted by Gasteiger charge is -2.15. The van der Waals surface area contributed by atoms with Gasteiger partial charge >= 0.3 is 0 Å². The largest absolute Gasteiger partial charge is 0.354 e. The number of rotatable bonds is 4. The predicted octanol–water partition coefficient (Wildman–Crippen LogP) is 7.46. The van der Waals surface area contributed by atoms with E-state index in [4.69, 9.17) is 0 Å². The Morgan fingerprint density at radius 3 is 2.08 bits per heavy atom. The summed E-state index contributed by atoms with van der Waals surface area (Å²) in [7, 11) is 0. The van der Waals surface area contributed by atoms with Gasteiger partial charge in [-0.25, -0.2) is 9.37 Å². The normalized spacial score (nSPS) is 9.27. The van der Waals surface area contributed by atoms with E-state index < -0.39 is 0 Å². The van der Waals surface area contributed by atoms with Gasteiger partial charge in [0.2, 0.25) is 0 Å². The van der Waals surface area contributed by atoms with E-state index in [1.165, 1.54) is 12.1 Å². The van der Waals surface area contributed by atoms with Crippen LogP contribution in [0.5, 0.6) is 0 Å². The molecule has 0 saturated carbocycles. The van der Waals surface area contributed by atoms with Gasteiger partial charge in [-0.1, -0.05) is 65.1 Å². The van der Waals surface area contributed by atoms with Crippen molar-refractivity contribution in [1.29, 1.82) is 0 Å². The summed E-state index contributed by atoms with van der Waals surface area (Å²) in [6.07, 6.45) is 3.46. The number of nitrogens with one attached hydrogen (secondary N) is 1. The summed E-state index contributed by atoms with van der Waals surface area (Å²) in [5.41, 5.74) is 4.20.